The Balaban J connectivity index is 4.16. The van der Waals surface area contributed by atoms with Crippen molar-refractivity contribution in [2.75, 3.05) is 47.5 Å². The molecule has 0 saturated carbocycles. The third-order valence-electron chi connectivity index (χ3n) is 11.7. The van der Waals surface area contributed by atoms with Crippen LogP contribution in [0.25, 0.3) is 0 Å². The predicted molar refractivity (Wildman–Crippen MR) is 290 cm³/mol. The molecule has 0 aromatic heterocycles. The first-order chi connectivity index (χ1) is 33.6. The Kier molecular flexibility index (Phi) is 48.2. The highest BCUT2D eigenvalue weighted by molar-refractivity contribution is 5.71. The summed E-state index contributed by atoms with van der Waals surface area (Å²) in [5.41, 5.74) is 0. The maximum absolute atomic E-state index is 12.8. The van der Waals surface area contributed by atoms with Crippen molar-refractivity contribution < 1.29 is 42.9 Å². The molecule has 0 aliphatic carbocycles. The zero-order valence-corrected chi connectivity index (χ0v) is 44.9. The third kappa shape index (κ3) is 52.1. The van der Waals surface area contributed by atoms with Gasteiger partial charge in [-0.1, -0.05) is 221 Å². The van der Waals surface area contributed by atoms with E-state index >= 15 is 0 Å². The van der Waals surface area contributed by atoms with Gasteiger partial charge in [0.2, 0.25) is 0 Å². The lowest BCUT2D eigenvalue weighted by Gasteiger charge is -2.25. The SMILES string of the molecule is CC/C=C\C/C=C\C/C=C\C/C=C\C/C=C\C/C=C\C/C=C\CCCCCCCCCCCCCC(=O)OC(COC(=O)CCCCCCCCCCCCC)COC(OCC[N+](C)(C)C)C(=O)O. The molecule has 0 heterocycles. The summed E-state index contributed by atoms with van der Waals surface area (Å²) >= 11 is 0. The van der Waals surface area contributed by atoms with E-state index in [1.807, 2.05) is 21.1 Å². The maximum atomic E-state index is 12.8. The summed E-state index contributed by atoms with van der Waals surface area (Å²) in [4.78, 5) is 37.2. The van der Waals surface area contributed by atoms with Crippen molar-refractivity contribution in [2.45, 2.75) is 232 Å². The van der Waals surface area contributed by atoms with Gasteiger partial charge in [0, 0.05) is 12.8 Å². The number of unbranched alkanes of at least 4 members (excludes halogenated alkanes) is 21. The van der Waals surface area contributed by atoms with Crippen LogP contribution in [0.4, 0.5) is 0 Å². The van der Waals surface area contributed by atoms with Crippen LogP contribution in [0, 0.1) is 0 Å². The van der Waals surface area contributed by atoms with Gasteiger partial charge >= 0.3 is 17.9 Å². The number of rotatable bonds is 50. The van der Waals surface area contributed by atoms with Crippen LogP contribution in [0.1, 0.15) is 219 Å². The summed E-state index contributed by atoms with van der Waals surface area (Å²) < 4.78 is 22.8. The van der Waals surface area contributed by atoms with E-state index < -0.39 is 24.3 Å². The zero-order valence-electron chi connectivity index (χ0n) is 44.9. The van der Waals surface area contributed by atoms with Crippen LogP contribution in [-0.4, -0.2) is 87.4 Å². The van der Waals surface area contributed by atoms with Crippen LogP contribution in [0.5, 0.6) is 0 Å². The van der Waals surface area contributed by atoms with E-state index in [2.05, 4.69) is 98.9 Å². The van der Waals surface area contributed by atoms with Crippen LogP contribution in [0.3, 0.4) is 0 Å². The molecule has 0 aliphatic rings. The number of hydrogen-bond donors (Lipinski definition) is 1. The third-order valence-corrected chi connectivity index (χ3v) is 11.7. The minimum absolute atomic E-state index is 0.184. The van der Waals surface area contributed by atoms with Crippen molar-refractivity contribution in [1.82, 2.24) is 0 Å². The quantitative estimate of drug-likeness (QED) is 0.0211. The molecule has 0 aromatic carbocycles. The fraction of sp³-hybridized carbons (Fsp3) is 0.717. The number of likely N-dealkylation sites (N-methyl/N-ethyl adjacent to an activating group) is 1. The van der Waals surface area contributed by atoms with Gasteiger partial charge in [-0.25, -0.2) is 4.79 Å². The smallest absolute Gasteiger partial charge is 0.361 e. The molecule has 69 heavy (non-hydrogen) atoms. The number of ether oxygens (including phenoxy) is 4. The van der Waals surface area contributed by atoms with E-state index in [0.717, 1.165) is 89.9 Å². The standard InChI is InChI=1S/C60H103NO8/c1-6-8-10-12-14-16-18-19-20-21-22-23-24-25-26-27-28-29-30-31-32-33-34-35-36-37-38-39-41-43-45-47-49-51-58(63)69-56(55-68-60(59(64)65)66-53-52-61(3,4)5)54-67-57(62)50-48-46-44-42-40-17-15-13-11-9-7-2/h8,10,14,16,19-20,22-23,25-26,28-29,31-32,56,60H,6-7,9,11-13,15,17-18,21,24,27,30,33-55H2,1-5H3/p+1/b10-8-,16-14-,20-19-,23-22-,26-25-,29-28-,32-31-. The lowest BCUT2D eigenvalue weighted by atomic mass is 10.0. The summed E-state index contributed by atoms with van der Waals surface area (Å²) in [7, 11) is 5.96. The second-order valence-electron chi connectivity index (χ2n) is 19.5. The van der Waals surface area contributed by atoms with Gasteiger partial charge < -0.3 is 28.5 Å². The Hall–Kier alpha value is -3.53. The normalized spacial score (nSPS) is 13.5. The second kappa shape index (κ2) is 50.8. The molecule has 0 spiro atoms. The number of hydrogen-bond acceptors (Lipinski definition) is 7. The summed E-state index contributed by atoms with van der Waals surface area (Å²) in [6, 6.07) is 0. The van der Waals surface area contributed by atoms with Gasteiger partial charge in [0.15, 0.2) is 6.10 Å². The van der Waals surface area contributed by atoms with E-state index in [1.54, 1.807) is 0 Å². The van der Waals surface area contributed by atoms with E-state index in [0.29, 0.717) is 23.9 Å². The average Bonchev–Trinajstić information content (AvgIpc) is 3.31. The molecule has 9 heteroatoms. The minimum Gasteiger partial charge on any atom is -0.477 e. The highest BCUT2D eigenvalue weighted by Crippen LogP contribution is 2.15. The van der Waals surface area contributed by atoms with Crippen molar-refractivity contribution in [2.24, 2.45) is 0 Å². The van der Waals surface area contributed by atoms with Gasteiger partial charge in [-0.3, -0.25) is 9.59 Å². The molecule has 0 aliphatic heterocycles. The summed E-state index contributed by atoms with van der Waals surface area (Å²) in [5.74, 6) is -2.01. The van der Waals surface area contributed by atoms with Crippen LogP contribution >= 0.6 is 0 Å². The van der Waals surface area contributed by atoms with Crippen LogP contribution in [0.2, 0.25) is 0 Å². The van der Waals surface area contributed by atoms with Crippen LogP contribution in [0.15, 0.2) is 85.1 Å². The van der Waals surface area contributed by atoms with Crippen molar-refractivity contribution in [3.05, 3.63) is 85.1 Å². The van der Waals surface area contributed by atoms with Gasteiger partial charge in [0.1, 0.15) is 13.2 Å². The van der Waals surface area contributed by atoms with Gasteiger partial charge in [-0.2, -0.15) is 0 Å². The Morgan fingerprint density at radius 3 is 1.23 bits per heavy atom. The molecule has 1 N–H and O–H groups in total. The Labute approximate surface area is 423 Å². The largest absolute Gasteiger partial charge is 0.477 e. The molecule has 0 fully saturated rings. The lowest BCUT2D eigenvalue weighted by Crippen LogP contribution is -2.40. The summed E-state index contributed by atoms with van der Waals surface area (Å²) in [6.07, 6.45) is 63.8. The fourth-order valence-electron chi connectivity index (χ4n) is 7.40. The first kappa shape index (κ1) is 65.5. The topological polar surface area (TPSA) is 108 Å². The molecule has 0 amide bonds. The molecule has 0 rings (SSSR count). The Morgan fingerprint density at radius 2 is 0.826 bits per heavy atom. The van der Waals surface area contributed by atoms with Gasteiger partial charge in [0.05, 0.1) is 34.4 Å². The van der Waals surface area contributed by atoms with Crippen molar-refractivity contribution in [1.29, 1.82) is 0 Å². The number of esters is 2. The van der Waals surface area contributed by atoms with Gasteiger partial charge in [-0.05, 0) is 70.6 Å². The molecular weight excluding hydrogens is 863 g/mol. The van der Waals surface area contributed by atoms with E-state index in [1.165, 1.54) is 96.3 Å². The Morgan fingerprint density at radius 1 is 0.449 bits per heavy atom. The molecule has 9 nitrogen and oxygen atoms in total. The highest BCUT2D eigenvalue weighted by atomic mass is 16.7. The monoisotopic (exact) mass is 967 g/mol. The lowest BCUT2D eigenvalue weighted by molar-refractivity contribution is -0.870. The van der Waals surface area contributed by atoms with Crippen LogP contribution in [-0.2, 0) is 33.3 Å². The first-order valence-electron chi connectivity index (χ1n) is 27.8. The van der Waals surface area contributed by atoms with Crippen molar-refractivity contribution >= 4 is 17.9 Å². The zero-order chi connectivity index (χ0) is 50.6. The summed E-state index contributed by atoms with van der Waals surface area (Å²) in [6.45, 7) is 4.74. The average molecular weight is 967 g/mol. The molecule has 2 unspecified atom stereocenters. The Bertz CT molecular complexity index is 1400. The fourth-order valence-corrected chi connectivity index (χ4v) is 7.40. The van der Waals surface area contributed by atoms with E-state index in [4.69, 9.17) is 18.9 Å². The van der Waals surface area contributed by atoms with Crippen molar-refractivity contribution in [3.8, 4) is 0 Å². The molecule has 0 saturated heterocycles. The number of carboxylic acids is 1. The minimum atomic E-state index is -1.51. The molecule has 0 aromatic rings. The van der Waals surface area contributed by atoms with E-state index in [9.17, 15) is 19.5 Å². The number of carbonyl (C=O) groups excluding carboxylic acids is 2. The van der Waals surface area contributed by atoms with Gasteiger partial charge in [-0.15, -0.1) is 0 Å². The molecule has 396 valence electrons. The molecular formula is C60H104NO8+. The van der Waals surface area contributed by atoms with E-state index in [-0.39, 0.29) is 32.2 Å². The number of nitrogens with zero attached hydrogens (tertiary/aromatic N) is 1. The maximum Gasteiger partial charge on any atom is 0.361 e. The number of allylic oxidation sites excluding steroid dienone is 14. The number of quaternary nitrogens is 1. The van der Waals surface area contributed by atoms with Gasteiger partial charge in [0.25, 0.3) is 6.29 Å². The van der Waals surface area contributed by atoms with Crippen molar-refractivity contribution in [3.63, 3.8) is 0 Å². The van der Waals surface area contributed by atoms with Crippen LogP contribution < -0.4 is 0 Å². The second-order valence-corrected chi connectivity index (χ2v) is 19.5. The summed E-state index contributed by atoms with van der Waals surface area (Å²) in [5, 5.41) is 9.67. The highest BCUT2D eigenvalue weighted by Gasteiger charge is 2.25. The molecule has 0 radical (unpaired) electrons. The first-order valence-corrected chi connectivity index (χ1v) is 27.8. The molecule has 2 atom stereocenters. The predicted octanol–water partition coefficient (Wildman–Crippen LogP) is 16.0. The number of aliphatic carboxylic acids is 1. The molecule has 0 bridgehead atoms. The number of carboxylic acid groups (broad SMARTS) is 1. The number of carbonyl (C=O) groups is 3.